The van der Waals surface area contributed by atoms with Gasteiger partial charge >= 0.3 is 0 Å². The van der Waals surface area contributed by atoms with E-state index in [4.69, 9.17) is 0 Å². The highest BCUT2D eigenvalue weighted by Crippen LogP contribution is 2.42. The molecule has 1 fully saturated rings. The first-order valence-corrected chi connectivity index (χ1v) is 7.42. The second kappa shape index (κ2) is 4.62. The molecule has 0 saturated heterocycles. The van der Waals surface area contributed by atoms with E-state index in [1.165, 1.54) is 31.9 Å². The molecule has 0 spiro atoms. The second-order valence-electron chi connectivity index (χ2n) is 4.51. The third-order valence-corrected chi connectivity index (χ3v) is 4.26. The molecule has 0 aromatic rings. The zero-order valence-electron chi connectivity index (χ0n) is 9.17. The fourth-order valence-corrected chi connectivity index (χ4v) is 2.46. The van der Waals surface area contributed by atoms with Gasteiger partial charge in [0.1, 0.15) is 9.84 Å². The number of hydrogen-bond donors (Lipinski definition) is 1. The number of hydrogen-bond acceptors (Lipinski definition) is 3. The van der Waals surface area contributed by atoms with Crippen LogP contribution in [0.25, 0.3) is 0 Å². The molecule has 1 saturated carbocycles. The van der Waals surface area contributed by atoms with E-state index < -0.39 is 9.84 Å². The first kappa shape index (κ1) is 12.0. The van der Waals surface area contributed by atoms with Crippen molar-refractivity contribution in [2.45, 2.75) is 32.6 Å². The van der Waals surface area contributed by atoms with Crippen molar-refractivity contribution in [1.82, 2.24) is 5.32 Å². The molecule has 0 atom stereocenters. The lowest BCUT2D eigenvalue weighted by molar-refractivity contribution is 0.125. The van der Waals surface area contributed by atoms with Crippen LogP contribution in [0.15, 0.2) is 0 Å². The molecule has 14 heavy (non-hydrogen) atoms. The summed E-state index contributed by atoms with van der Waals surface area (Å²) in [5.74, 6) is 0.257. The summed E-state index contributed by atoms with van der Waals surface area (Å²) in [5, 5.41) is 3.26. The molecule has 1 aliphatic carbocycles. The summed E-state index contributed by atoms with van der Waals surface area (Å²) in [4.78, 5) is 0. The number of nitrogens with one attached hydrogen (secondary N) is 1. The second-order valence-corrected chi connectivity index (χ2v) is 6.77. The van der Waals surface area contributed by atoms with Gasteiger partial charge in [-0.3, -0.25) is 0 Å². The highest BCUT2D eigenvalue weighted by atomic mass is 32.2. The molecule has 1 N–H and O–H groups in total. The average molecular weight is 219 g/mol. The summed E-state index contributed by atoms with van der Waals surface area (Å²) < 4.78 is 21.7. The molecule has 0 aliphatic heterocycles. The first-order chi connectivity index (χ1) is 6.47. The molecule has 0 aromatic heterocycles. The third-order valence-electron chi connectivity index (χ3n) is 3.31. The van der Waals surface area contributed by atoms with Crippen molar-refractivity contribution in [3.05, 3.63) is 0 Å². The van der Waals surface area contributed by atoms with Crippen molar-refractivity contribution in [2.24, 2.45) is 5.41 Å². The Morgan fingerprint density at radius 1 is 1.36 bits per heavy atom. The maximum Gasteiger partial charge on any atom is 0.148 e. The quantitative estimate of drug-likeness (QED) is 0.683. The van der Waals surface area contributed by atoms with Crippen LogP contribution in [-0.4, -0.2) is 33.5 Å². The van der Waals surface area contributed by atoms with Crippen LogP contribution in [-0.2, 0) is 9.84 Å². The Labute approximate surface area is 87.2 Å². The van der Waals surface area contributed by atoms with Crippen LogP contribution in [0.2, 0.25) is 0 Å². The highest BCUT2D eigenvalue weighted by Gasteiger charge is 2.34. The van der Waals surface area contributed by atoms with Gasteiger partial charge in [0.2, 0.25) is 0 Å². The average Bonchev–Trinajstić information content (AvgIpc) is 2.00. The van der Waals surface area contributed by atoms with E-state index in [0.29, 0.717) is 12.0 Å². The Morgan fingerprint density at radius 2 is 2.00 bits per heavy atom. The summed E-state index contributed by atoms with van der Waals surface area (Å²) in [5.41, 5.74) is 0.484. The zero-order chi connectivity index (χ0) is 10.7. The number of rotatable bonds is 6. The minimum absolute atomic E-state index is 0.257. The van der Waals surface area contributed by atoms with Gasteiger partial charge in [-0.2, -0.15) is 0 Å². The molecule has 84 valence electrons. The van der Waals surface area contributed by atoms with Crippen LogP contribution in [0.3, 0.4) is 0 Å². The third kappa shape index (κ3) is 3.58. The maximum absolute atomic E-state index is 10.9. The summed E-state index contributed by atoms with van der Waals surface area (Å²) in [6.07, 6.45) is 6.43. The van der Waals surface area contributed by atoms with E-state index in [0.717, 1.165) is 6.54 Å². The molecule has 0 amide bonds. The summed E-state index contributed by atoms with van der Waals surface area (Å²) in [6.45, 7) is 3.80. The van der Waals surface area contributed by atoms with Crippen LogP contribution in [0.5, 0.6) is 0 Å². The topological polar surface area (TPSA) is 46.2 Å². The largest absolute Gasteiger partial charge is 0.315 e. The van der Waals surface area contributed by atoms with Gasteiger partial charge in [0.05, 0.1) is 5.75 Å². The Balaban J connectivity index is 2.15. The fourth-order valence-electron chi connectivity index (χ4n) is 1.94. The summed E-state index contributed by atoms with van der Waals surface area (Å²) in [6, 6.07) is 0. The van der Waals surface area contributed by atoms with E-state index in [2.05, 4.69) is 12.2 Å². The van der Waals surface area contributed by atoms with Crippen molar-refractivity contribution in [3.63, 3.8) is 0 Å². The van der Waals surface area contributed by atoms with Gasteiger partial charge < -0.3 is 5.32 Å². The lowest BCUT2D eigenvalue weighted by atomic mass is 9.67. The fraction of sp³-hybridized carbons (Fsp3) is 1.00. The predicted octanol–water partition coefficient (Wildman–Crippen LogP) is 1.20. The predicted molar refractivity (Wildman–Crippen MR) is 59.2 cm³/mol. The highest BCUT2D eigenvalue weighted by molar-refractivity contribution is 7.90. The molecule has 0 bridgehead atoms. The molecule has 1 aliphatic rings. The monoisotopic (exact) mass is 219 g/mol. The van der Waals surface area contributed by atoms with Gasteiger partial charge in [0, 0.05) is 19.3 Å². The van der Waals surface area contributed by atoms with Gasteiger partial charge in [0.25, 0.3) is 0 Å². The van der Waals surface area contributed by atoms with Gasteiger partial charge in [-0.1, -0.05) is 13.3 Å². The van der Waals surface area contributed by atoms with Crippen LogP contribution in [0.4, 0.5) is 0 Å². The zero-order valence-corrected chi connectivity index (χ0v) is 9.99. The van der Waals surface area contributed by atoms with Gasteiger partial charge in [-0.25, -0.2) is 8.42 Å². The Morgan fingerprint density at radius 3 is 2.36 bits per heavy atom. The van der Waals surface area contributed by atoms with Crippen molar-refractivity contribution in [2.75, 3.05) is 25.1 Å². The van der Waals surface area contributed by atoms with Gasteiger partial charge in [-0.15, -0.1) is 0 Å². The van der Waals surface area contributed by atoms with E-state index >= 15 is 0 Å². The lowest BCUT2D eigenvalue weighted by Gasteiger charge is -2.41. The summed E-state index contributed by atoms with van der Waals surface area (Å²) in [7, 11) is -2.80. The normalized spacial score (nSPS) is 20.4. The number of sulfone groups is 1. The first-order valence-electron chi connectivity index (χ1n) is 5.36. The SMILES string of the molecule is CCC1(CNCCS(C)(=O)=O)CCC1. The Bertz CT molecular complexity index is 262. The van der Waals surface area contributed by atoms with Crippen molar-refractivity contribution >= 4 is 9.84 Å². The van der Waals surface area contributed by atoms with E-state index in [-0.39, 0.29) is 5.75 Å². The molecule has 0 unspecified atom stereocenters. The minimum atomic E-state index is -2.80. The van der Waals surface area contributed by atoms with Crippen LogP contribution < -0.4 is 5.32 Å². The molecule has 1 rings (SSSR count). The smallest absolute Gasteiger partial charge is 0.148 e. The van der Waals surface area contributed by atoms with Crippen molar-refractivity contribution in [3.8, 4) is 0 Å². The van der Waals surface area contributed by atoms with Crippen molar-refractivity contribution < 1.29 is 8.42 Å². The van der Waals surface area contributed by atoms with E-state index in [9.17, 15) is 8.42 Å². The van der Waals surface area contributed by atoms with Crippen LogP contribution in [0.1, 0.15) is 32.6 Å². The van der Waals surface area contributed by atoms with Gasteiger partial charge in [0.15, 0.2) is 0 Å². The molecule has 4 heteroatoms. The molecule has 3 nitrogen and oxygen atoms in total. The molecule has 0 heterocycles. The molecule has 0 aromatic carbocycles. The van der Waals surface area contributed by atoms with E-state index in [1.54, 1.807) is 0 Å². The van der Waals surface area contributed by atoms with Gasteiger partial charge in [-0.05, 0) is 24.7 Å². The standard InChI is InChI=1S/C10H21NO2S/c1-3-10(5-4-6-10)9-11-7-8-14(2,12)13/h11H,3-9H2,1-2H3. The maximum atomic E-state index is 10.9. The van der Waals surface area contributed by atoms with E-state index in [1.807, 2.05) is 0 Å². The molecular weight excluding hydrogens is 198 g/mol. The van der Waals surface area contributed by atoms with Crippen LogP contribution in [0, 0.1) is 5.41 Å². The van der Waals surface area contributed by atoms with Crippen molar-refractivity contribution in [1.29, 1.82) is 0 Å². The molecule has 0 radical (unpaired) electrons. The minimum Gasteiger partial charge on any atom is -0.315 e. The Kier molecular flexibility index (Phi) is 3.95. The van der Waals surface area contributed by atoms with Crippen LogP contribution >= 0.6 is 0 Å². The molecular formula is C10H21NO2S. The summed E-state index contributed by atoms with van der Waals surface area (Å²) >= 11 is 0. The lowest BCUT2D eigenvalue weighted by Crippen LogP contribution is -2.40. The Hall–Kier alpha value is -0.0900.